The molecule has 0 spiro atoms. The summed E-state index contributed by atoms with van der Waals surface area (Å²) in [5, 5.41) is 24.2. The molecule has 5 aliphatic rings. The van der Waals surface area contributed by atoms with Gasteiger partial charge in [0, 0.05) is 75.4 Å². The Kier molecular flexibility index (Phi) is 39.8. The second kappa shape index (κ2) is 44.8. The van der Waals surface area contributed by atoms with Crippen molar-refractivity contribution in [2.45, 2.75) is 167 Å². The second-order valence-corrected chi connectivity index (χ2v) is 31.9. The number of carboxylic acids is 2. The van der Waals surface area contributed by atoms with Gasteiger partial charge in [-0.25, -0.2) is 38.9 Å². The average molecular weight is 1820 g/mol. The fourth-order valence-corrected chi connectivity index (χ4v) is 15.0. The van der Waals surface area contributed by atoms with Crippen LogP contribution in [0.2, 0.25) is 0 Å². The molecule has 662 valence electrons. The van der Waals surface area contributed by atoms with E-state index in [0.717, 1.165) is 47.3 Å². The van der Waals surface area contributed by atoms with Crippen LogP contribution < -0.4 is 5.32 Å². The lowest BCUT2D eigenvalue weighted by atomic mass is 9.94. The van der Waals surface area contributed by atoms with E-state index in [-0.39, 0.29) is 70.2 Å². The van der Waals surface area contributed by atoms with Gasteiger partial charge in [-0.2, -0.15) is 58.9 Å². The van der Waals surface area contributed by atoms with Crippen molar-refractivity contribution in [3.63, 3.8) is 0 Å². The van der Waals surface area contributed by atoms with Crippen molar-refractivity contribution in [3.05, 3.63) is 0 Å². The fourth-order valence-electron chi connectivity index (χ4n) is 11.5. The first-order chi connectivity index (χ1) is 52.5. The predicted molar refractivity (Wildman–Crippen MR) is 351 cm³/mol. The SMILES string of the molecule is CO[C@H]1O[C@H](COS(=O)(=O)O)[C@@H](O[C@@H]2O[C@@H](C(=O)O)[C@@H](O[C@H]3O[C@H](COS(=O)(=O)O)[C@@H](O[C@@H]4O[C@H](C(=O)O)[C@@H](O[C@H]5O[C@H](COS(=O)(=O)O)[C@@H](OCCOCCOCCOCCNC(=O)CCSC(C)=O)[C@H](OC)[C@H]5OC)[C@H](OC)[C@H]4OC)[C@H](OS(=O)(=O)O)[C@H]3OS(=O)(=O)O)[C@H](OC)[C@H]2OC)[C@H](OS(=O)(=O)O)[C@H]1OS(=O)(=O)O. The largest absolute Gasteiger partial charge is 0.479 e. The van der Waals surface area contributed by atoms with Crippen molar-refractivity contribution in [2.24, 2.45) is 0 Å². The minimum atomic E-state index is -6.24. The molecule has 0 aromatic carbocycles. The van der Waals surface area contributed by atoms with Gasteiger partial charge in [0.2, 0.25) is 5.91 Å². The highest BCUT2D eigenvalue weighted by molar-refractivity contribution is 8.13. The van der Waals surface area contributed by atoms with E-state index in [1.807, 2.05) is 0 Å². The zero-order chi connectivity index (χ0) is 84.9. The van der Waals surface area contributed by atoms with Gasteiger partial charge in [0.1, 0.15) is 97.7 Å². The summed E-state index contributed by atoms with van der Waals surface area (Å²) in [6.07, 6.45) is -60.0. The van der Waals surface area contributed by atoms with Crippen LogP contribution in [0.25, 0.3) is 0 Å². The van der Waals surface area contributed by atoms with E-state index in [4.69, 9.17) is 103 Å². The number of nitrogens with one attached hydrogen (secondary N) is 1. The molecule has 5 aliphatic heterocycles. The minimum Gasteiger partial charge on any atom is -0.479 e. The monoisotopic (exact) mass is 1820 g/mol. The van der Waals surface area contributed by atoms with Crippen molar-refractivity contribution in [1.29, 1.82) is 0 Å². The zero-order valence-electron chi connectivity index (χ0n) is 59.8. The molecule has 113 heavy (non-hydrogen) atoms. The van der Waals surface area contributed by atoms with Crippen LogP contribution in [0, 0.1) is 0 Å². The summed E-state index contributed by atoms with van der Waals surface area (Å²) in [5.74, 6) is -4.26. The van der Waals surface area contributed by atoms with E-state index in [1.165, 1.54) is 6.92 Å². The molecule has 55 nitrogen and oxygen atoms in total. The van der Waals surface area contributed by atoms with Crippen LogP contribution in [0.15, 0.2) is 0 Å². The summed E-state index contributed by atoms with van der Waals surface area (Å²) in [4.78, 5) is 49.8. The molecular formula is C50H85NO54S8. The fraction of sp³-hybridized carbons (Fsp3) is 0.920. The molecule has 0 bridgehead atoms. The number of hydrogen-bond acceptors (Lipinski definition) is 46. The summed E-state index contributed by atoms with van der Waals surface area (Å²) < 4.78 is 388. The smallest absolute Gasteiger partial charge is 0.397 e. The number of thioether (sulfide) groups is 1. The summed E-state index contributed by atoms with van der Waals surface area (Å²) >= 11 is 1.02. The third-order valence-electron chi connectivity index (χ3n) is 15.8. The van der Waals surface area contributed by atoms with Gasteiger partial charge in [0.05, 0.1) is 66.1 Å². The molecule has 0 radical (unpaired) electrons. The molecule has 0 unspecified atom stereocenters. The van der Waals surface area contributed by atoms with Crippen molar-refractivity contribution in [3.8, 4) is 0 Å². The predicted octanol–water partition coefficient (Wildman–Crippen LogP) is -7.51. The van der Waals surface area contributed by atoms with Gasteiger partial charge in [-0.1, -0.05) is 11.8 Å². The minimum absolute atomic E-state index is 0.0110. The number of aliphatic carboxylic acids is 2. The van der Waals surface area contributed by atoms with Gasteiger partial charge in [-0.15, -0.1) is 0 Å². The van der Waals surface area contributed by atoms with Crippen LogP contribution in [0.1, 0.15) is 13.3 Å². The van der Waals surface area contributed by atoms with Gasteiger partial charge in [-0.05, 0) is 0 Å². The summed E-state index contributed by atoms with van der Waals surface area (Å²) in [5.41, 5.74) is 0. The standard InChI is InChI=1S/C50H85NO54S8/c1-22(52)106-18-9-26(53)51-10-11-86-12-13-87-14-15-88-16-17-89-27-23(19-90-107(58,59)60)94-47(39(82-5)30(27)79-2)98-33-31(80-3)40(83-6)49(100-37(33)44(54)55)97-29-25(21-92-109(64,65)66)95-50(43(105-113(76,77)78)36(29)103-111(70,71)72)99-34-32(81-4)41(84-7)48(101-38(34)45(56)57)96-28-24(20-91-108(61,62)63)93-46(85-8)42(104-112(73,74)75)35(28)102-110(67,68)69/h23-25,27-43,46-50H,9-21H2,1-8H3,(H,51,53)(H,54,55)(H,56,57)(H,58,59,60)(H,61,62,63)(H,64,65,66)(H,67,68,69)(H,70,71,72)(H,73,74,75)(H,76,77,78)/t23-,24-,25-,27-,28-,29-,30+,31+,32+,33+,34+,35+,36+,37+,38-,39-,40-,41-,42-,43-,46+,47-,48-,49-,50-/m1/s1. The first-order valence-corrected chi connectivity index (χ1v) is 42.3. The number of carbonyl (C=O) groups is 4. The molecule has 5 rings (SSSR count). The highest BCUT2D eigenvalue weighted by atomic mass is 32.3. The van der Waals surface area contributed by atoms with E-state index >= 15 is 0 Å². The number of hydrogen-bond donors (Lipinski definition) is 10. The Hall–Kier alpha value is -3.28. The molecule has 25 atom stereocenters. The molecule has 5 fully saturated rings. The summed E-state index contributed by atoms with van der Waals surface area (Å²) in [7, 11) is -34.9. The molecule has 1 amide bonds. The third-order valence-corrected chi connectivity index (χ3v) is 19.8. The zero-order valence-corrected chi connectivity index (χ0v) is 66.3. The van der Waals surface area contributed by atoms with Gasteiger partial charge in [0.25, 0.3) is 0 Å². The van der Waals surface area contributed by atoms with Crippen molar-refractivity contribution in [1.82, 2.24) is 5.32 Å². The Morgan fingerprint density at radius 1 is 0.345 bits per heavy atom. The van der Waals surface area contributed by atoms with Crippen LogP contribution in [0.3, 0.4) is 0 Å². The van der Waals surface area contributed by atoms with Gasteiger partial charge in [0.15, 0.2) is 61.0 Å². The Morgan fingerprint density at radius 3 is 0.982 bits per heavy atom. The van der Waals surface area contributed by atoms with Crippen molar-refractivity contribution in [2.75, 3.05) is 128 Å². The highest BCUT2D eigenvalue weighted by Gasteiger charge is 2.63. The Morgan fingerprint density at radius 2 is 0.646 bits per heavy atom. The van der Waals surface area contributed by atoms with Crippen LogP contribution in [-0.2, 0) is 216 Å². The van der Waals surface area contributed by atoms with E-state index in [1.54, 1.807) is 0 Å². The molecule has 0 aliphatic carbocycles. The van der Waals surface area contributed by atoms with Gasteiger partial charge in [-0.3, -0.25) is 41.5 Å². The normalized spacial score (nSPS) is 33.2. The Balaban J connectivity index is 1.48. The van der Waals surface area contributed by atoms with Crippen LogP contribution in [-0.4, -0.2) is 406 Å². The molecule has 10 N–H and O–H groups in total. The summed E-state index contributed by atoms with van der Waals surface area (Å²) in [6, 6.07) is 0. The van der Waals surface area contributed by atoms with Crippen LogP contribution in [0.4, 0.5) is 0 Å². The maximum atomic E-state index is 13.5. The first kappa shape index (κ1) is 100. The topological polar surface area (TPSA) is 751 Å². The molecule has 0 aromatic rings. The molecular weight excluding hydrogens is 1740 g/mol. The van der Waals surface area contributed by atoms with E-state index < -0.39 is 258 Å². The maximum Gasteiger partial charge on any atom is 0.397 e. The molecule has 5 saturated heterocycles. The number of carboxylic acid groups (broad SMARTS) is 2. The van der Waals surface area contributed by atoms with Gasteiger partial charge >= 0.3 is 84.7 Å². The van der Waals surface area contributed by atoms with E-state index in [2.05, 4.69) is 26.2 Å². The quantitative estimate of drug-likeness (QED) is 0.0200. The van der Waals surface area contributed by atoms with Crippen molar-refractivity contribution >= 4 is 108 Å². The highest BCUT2D eigenvalue weighted by Crippen LogP contribution is 2.41. The summed E-state index contributed by atoms with van der Waals surface area (Å²) in [6.45, 7) is -2.91. The molecule has 0 aromatic heterocycles. The molecule has 63 heteroatoms. The second-order valence-electron chi connectivity index (χ2n) is 23.2. The number of ether oxygens (including phenoxy) is 20. The Labute approximate surface area is 648 Å². The number of amides is 1. The van der Waals surface area contributed by atoms with Crippen LogP contribution in [0.5, 0.6) is 0 Å². The lowest BCUT2D eigenvalue weighted by Crippen LogP contribution is -2.70. The maximum absolute atomic E-state index is 13.5. The third kappa shape index (κ3) is 32.7. The first-order valence-electron chi connectivity index (χ1n) is 31.8. The lowest BCUT2D eigenvalue weighted by molar-refractivity contribution is -0.388. The number of methoxy groups -OCH3 is 7. The number of rotatable bonds is 50. The average Bonchev–Trinajstić information content (AvgIpc) is 0.766. The molecule has 5 heterocycles. The van der Waals surface area contributed by atoms with E-state index in [9.17, 15) is 120 Å². The van der Waals surface area contributed by atoms with Crippen molar-refractivity contribution < 1.29 is 244 Å². The van der Waals surface area contributed by atoms with Gasteiger partial charge < -0.3 is 110 Å². The van der Waals surface area contributed by atoms with E-state index in [0.29, 0.717) is 20.0 Å². The number of carbonyl (C=O) groups excluding carboxylic acids is 2. The van der Waals surface area contributed by atoms with Crippen LogP contribution >= 0.6 is 11.8 Å². The Bertz CT molecular complexity index is 3860. The molecule has 0 saturated carbocycles. The lowest BCUT2D eigenvalue weighted by Gasteiger charge is -2.51.